The normalized spacial score (nSPS) is 10.9. The number of rotatable bonds is 7. The molecular formula is C15H19Cl2N3O. The second-order valence-electron chi connectivity index (χ2n) is 4.78. The number of hydrogen-bond donors (Lipinski definition) is 1. The number of benzene rings is 1. The standard InChI is InChI=1S/C15H19Cl2N3O/c1-3-18-9-12-6-13(16)7-14(17)15(12)21-5-4-11-8-19-20(2)10-11/h6-8,10,18H,3-5,9H2,1-2H3. The SMILES string of the molecule is CCNCc1cc(Cl)cc(Cl)c1OCCc1cnn(C)c1. The van der Waals surface area contributed by atoms with Crippen LogP contribution < -0.4 is 10.1 Å². The molecule has 2 aromatic rings. The summed E-state index contributed by atoms with van der Waals surface area (Å²) in [6.07, 6.45) is 4.60. The van der Waals surface area contributed by atoms with Crippen molar-refractivity contribution in [2.45, 2.75) is 19.9 Å². The number of hydrogen-bond acceptors (Lipinski definition) is 3. The smallest absolute Gasteiger partial charge is 0.142 e. The first kappa shape index (κ1) is 16.1. The van der Waals surface area contributed by atoms with Crippen LogP contribution in [0.3, 0.4) is 0 Å². The van der Waals surface area contributed by atoms with Crippen molar-refractivity contribution in [3.8, 4) is 5.75 Å². The van der Waals surface area contributed by atoms with Gasteiger partial charge in [0.05, 0.1) is 17.8 Å². The van der Waals surface area contributed by atoms with Crippen LogP contribution in [0.25, 0.3) is 0 Å². The highest BCUT2D eigenvalue weighted by molar-refractivity contribution is 6.35. The first-order chi connectivity index (χ1) is 10.1. The molecule has 0 aliphatic rings. The van der Waals surface area contributed by atoms with Crippen LogP contribution in [0, 0.1) is 0 Å². The minimum atomic E-state index is 0.543. The summed E-state index contributed by atoms with van der Waals surface area (Å²) in [7, 11) is 1.90. The largest absolute Gasteiger partial charge is 0.491 e. The van der Waals surface area contributed by atoms with Crippen molar-refractivity contribution in [1.82, 2.24) is 15.1 Å². The van der Waals surface area contributed by atoms with Crippen molar-refractivity contribution in [3.63, 3.8) is 0 Å². The first-order valence-electron chi connectivity index (χ1n) is 6.89. The fourth-order valence-corrected chi connectivity index (χ4v) is 2.63. The molecule has 0 bridgehead atoms. The molecule has 1 aromatic carbocycles. The van der Waals surface area contributed by atoms with E-state index < -0.39 is 0 Å². The average Bonchev–Trinajstić information content (AvgIpc) is 2.84. The molecule has 0 unspecified atom stereocenters. The second-order valence-corrected chi connectivity index (χ2v) is 5.62. The van der Waals surface area contributed by atoms with Crippen LogP contribution in [-0.4, -0.2) is 22.9 Å². The molecule has 0 saturated carbocycles. The van der Waals surface area contributed by atoms with Crippen LogP contribution in [0.15, 0.2) is 24.5 Å². The van der Waals surface area contributed by atoms with E-state index >= 15 is 0 Å². The number of halogens is 2. The minimum Gasteiger partial charge on any atom is -0.491 e. The summed E-state index contributed by atoms with van der Waals surface area (Å²) in [5, 5.41) is 8.56. The molecule has 1 aromatic heterocycles. The van der Waals surface area contributed by atoms with Gasteiger partial charge in [-0.05, 0) is 24.2 Å². The minimum absolute atomic E-state index is 0.543. The fraction of sp³-hybridized carbons (Fsp3) is 0.400. The van der Waals surface area contributed by atoms with Gasteiger partial charge in [-0.2, -0.15) is 5.10 Å². The van der Waals surface area contributed by atoms with Gasteiger partial charge in [0.1, 0.15) is 5.75 Å². The number of nitrogens with one attached hydrogen (secondary N) is 1. The summed E-state index contributed by atoms with van der Waals surface area (Å²) in [5.74, 6) is 0.700. The van der Waals surface area contributed by atoms with Crippen molar-refractivity contribution in [2.24, 2.45) is 7.05 Å². The van der Waals surface area contributed by atoms with Crippen LogP contribution >= 0.6 is 23.2 Å². The Hall–Kier alpha value is -1.23. The molecule has 1 heterocycles. The van der Waals surface area contributed by atoms with Gasteiger partial charge in [0.15, 0.2) is 0 Å². The first-order valence-corrected chi connectivity index (χ1v) is 7.64. The molecule has 0 fully saturated rings. The lowest BCUT2D eigenvalue weighted by molar-refractivity contribution is 0.318. The zero-order valence-electron chi connectivity index (χ0n) is 12.2. The maximum Gasteiger partial charge on any atom is 0.142 e. The predicted octanol–water partition coefficient (Wildman–Crippen LogP) is 3.46. The van der Waals surface area contributed by atoms with Crippen molar-refractivity contribution in [2.75, 3.05) is 13.2 Å². The van der Waals surface area contributed by atoms with Crippen LogP contribution in [0.4, 0.5) is 0 Å². The lowest BCUT2D eigenvalue weighted by Gasteiger charge is -2.14. The molecule has 4 nitrogen and oxygen atoms in total. The van der Waals surface area contributed by atoms with Gasteiger partial charge in [-0.15, -0.1) is 0 Å². The molecule has 2 rings (SSSR count). The Kier molecular flexibility index (Phi) is 5.91. The van der Waals surface area contributed by atoms with Crippen LogP contribution in [-0.2, 0) is 20.0 Å². The van der Waals surface area contributed by atoms with E-state index in [4.69, 9.17) is 27.9 Å². The van der Waals surface area contributed by atoms with Gasteiger partial charge >= 0.3 is 0 Å². The number of nitrogens with zero attached hydrogens (tertiary/aromatic N) is 2. The predicted molar refractivity (Wildman–Crippen MR) is 86.2 cm³/mol. The van der Waals surface area contributed by atoms with Gasteiger partial charge in [-0.25, -0.2) is 0 Å². The summed E-state index contributed by atoms with van der Waals surface area (Å²) in [6.45, 7) is 4.15. The Morgan fingerprint density at radius 3 is 2.81 bits per heavy atom. The van der Waals surface area contributed by atoms with Crippen LogP contribution in [0.1, 0.15) is 18.1 Å². The topological polar surface area (TPSA) is 39.1 Å². The molecule has 0 atom stereocenters. The molecule has 0 spiro atoms. The maximum absolute atomic E-state index is 6.25. The van der Waals surface area contributed by atoms with Gasteiger partial charge in [-0.3, -0.25) is 4.68 Å². The fourth-order valence-electron chi connectivity index (χ4n) is 2.04. The highest BCUT2D eigenvalue weighted by atomic mass is 35.5. The van der Waals surface area contributed by atoms with Gasteiger partial charge < -0.3 is 10.1 Å². The molecule has 114 valence electrons. The average molecular weight is 328 g/mol. The number of ether oxygens (including phenoxy) is 1. The molecule has 0 aliphatic heterocycles. The molecule has 21 heavy (non-hydrogen) atoms. The third-order valence-electron chi connectivity index (χ3n) is 3.05. The quantitative estimate of drug-likeness (QED) is 0.846. The maximum atomic E-state index is 6.25. The Labute approximate surface area is 135 Å². The van der Waals surface area contributed by atoms with E-state index in [0.717, 1.165) is 24.1 Å². The Bertz CT molecular complexity index is 599. The number of aromatic nitrogens is 2. The summed E-state index contributed by atoms with van der Waals surface area (Å²) < 4.78 is 7.64. The zero-order chi connectivity index (χ0) is 15.2. The highest BCUT2D eigenvalue weighted by Crippen LogP contribution is 2.32. The van der Waals surface area contributed by atoms with Gasteiger partial charge in [0.25, 0.3) is 0 Å². The third-order valence-corrected chi connectivity index (χ3v) is 3.55. The second kappa shape index (κ2) is 7.69. The third kappa shape index (κ3) is 4.63. The molecule has 0 saturated heterocycles. The summed E-state index contributed by atoms with van der Waals surface area (Å²) in [5.41, 5.74) is 2.11. The summed E-state index contributed by atoms with van der Waals surface area (Å²) in [6, 6.07) is 3.59. The summed E-state index contributed by atoms with van der Waals surface area (Å²) >= 11 is 12.3. The van der Waals surface area contributed by atoms with Crippen molar-refractivity contribution in [3.05, 3.63) is 45.7 Å². The van der Waals surface area contributed by atoms with E-state index in [1.165, 1.54) is 0 Å². The Morgan fingerprint density at radius 2 is 2.14 bits per heavy atom. The molecule has 0 aliphatic carbocycles. The lowest BCUT2D eigenvalue weighted by Crippen LogP contribution is -2.13. The zero-order valence-corrected chi connectivity index (χ0v) is 13.7. The molecular weight excluding hydrogens is 309 g/mol. The van der Waals surface area contributed by atoms with Crippen LogP contribution in [0.2, 0.25) is 10.0 Å². The van der Waals surface area contributed by atoms with Crippen molar-refractivity contribution < 1.29 is 4.74 Å². The Balaban J connectivity index is 2.03. The van der Waals surface area contributed by atoms with Gasteiger partial charge in [0.2, 0.25) is 0 Å². The molecule has 0 amide bonds. The highest BCUT2D eigenvalue weighted by Gasteiger charge is 2.11. The van der Waals surface area contributed by atoms with E-state index in [-0.39, 0.29) is 0 Å². The van der Waals surface area contributed by atoms with Gasteiger partial charge in [-0.1, -0.05) is 30.1 Å². The Morgan fingerprint density at radius 1 is 1.33 bits per heavy atom. The van der Waals surface area contributed by atoms with E-state index in [2.05, 4.69) is 17.3 Å². The van der Waals surface area contributed by atoms with Crippen molar-refractivity contribution >= 4 is 23.2 Å². The van der Waals surface area contributed by atoms with E-state index in [1.54, 1.807) is 10.7 Å². The van der Waals surface area contributed by atoms with Crippen molar-refractivity contribution in [1.29, 1.82) is 0 Å². The number of aryl methyl sites for hydroxylation is 1. The molecule has 0 radical (unpaired) electrons. The lowest BCUT2D eigenvalue weighted by atomic mass is 10.2. The summed E-state index contributed by atoms with van der Waals surface area (Å²) in [4.78, 5) is 0. The van der Waals surface area contributed by atoms with Gasteiger partial charge in [0, 0.05) is 36.8 Å². The van der Waals surface area contributed by atoms with Crippen LogP contribution in [0.5, 0.6) is 5.75 Å². The monoisotopic (exact) mass is 327 g/mol. The van der Waals surface area contributed by atoms with E-state index in [1.807, 2.05) is 25.5 Å². The van der Waals surface area contributed by atoms with E-state index in [0.29, 0.717) is 28.9 Å². The van der Waals surface area contributed by atoms with E-state index in [9.17, 15) is 0 Å². The molecule has 6 heteroatoms. The molecule has 1 N–H and O–H groups in total.